The van der Waals surface area contributed by atoms with Crippen molar-refractivity contribution in [2.75, 3.05) is 18.1 Å². The average Bonchev–Trinajstić information content (AvgIpc) is 2.65. The van der Waals surface area contributed by atoms with Crippen molar-refractivity contribution in [1.82, 2.24) is 0 Å². The lowest BCUT2D eigenvalue weighted by Gasteiger charge is -2.38. The summed E-state index contributed by atoms with van der Waals surface area (Å²) < 4.78 is 10.8. The number of carbonyl (C=O) groups excluding carboxylic acids is 3. The van der Waals surface area contributed by atoms with Gasteiger partial charge in [0.25, 0.3) is 5.91 Å². The zero-order valence-electron chi connectivity index (χ0n) is 15.5. The molecular formula is C21H21NO5. The van der Waals surface area contributed by atoms with Crippen LogP contribution in [0.5, 0.6) is 5.75 Å². The molecule has 0 saturated heterocycles. The number of Topliss-reactive ketones (excluding diaryl/α,β-unsaturated/α-hetero) is 1. The predicted octanol–water partition coefficient (Wildman–Crippen LogP) is 3.25. The van der Waals surface area contributed by atoms with Gasteiger partial charge in [-0.3, -0.25) is 14.5 Å². The summed E-state index contributed by atoms with van der Waals surface area (Å²) in [5.74, 6) is -0.602. The van der Waals surface area contributed by atoms with Gasteiger partial charge in [0.05, 0.1) is 24.4 Å². The molecule has 0 bridgehead atoms. The molecule has 6 heteroatoms. The lowest BCUT2D eigenvalue weighted by Crippen LogP contribution is -2.53. The van der Waals surface area contributed by atoms with E-state index in [4.69, 9.17) is 9.47 Å². The lowest BCUT2D eigenvalue weighted by atomic mass is 10.0. The van der Waals surface area contributed by atoms with Crippen molar-refractivity contribution in [2.24, 2.45) is 0 Å². The summed E-state index contributed by atoms with van der Waals surface area (Å²) in [5, 5.41) is 0. The van der Waals surface area contributed by atoms with Gasteiger partial charge < -0.3 is 9.47 Å². The fourth-order valence-corrected chi connectivity index (χ4v) is 2.92. The molecule has 0 aliphatic carbocycles. The molecule has 140 valence electrons. The first-order valence-electron chi connectivity index (χ1n) is 8.74. The molecule has 0 fully saturated rings. The van der Waals surface area contributed by atoms with Gasteiger partial charge in [-0.2, -0.15) is 0 Å². The highest BCUT2D eigenvalue weighted by Gasteiger charge is 2.42. The van der Waals surface area contributed by atoms with Crippen molar-refractivity contribution in [1.29, 1.82) is 0 Å². The van der Waals surface area contributed by atoms with Crippen molar-refractivity contribution in [3.8, 4) is 5.75 Å². The summed E-state index contributed by atoms with van der Waals surface area (Å²) in [7, 11) is 0. The Hall–Kier alpha value is -3.15. The normalized spacial score (nSPS) is 14.9. The van der Waals surface area contributed by atoms with Gasteiger partial charge in [0.2, 0.25) is 0 Å². The highest BCUT2D eigenvalue weighted by molar-refractivity contribution is 6.10. The molecule has 27 heavy (non-hydrogen) atoms. The van der Waals surface area contributed by atoms with E-state index in [2.05, 4.69) is 0 Å². The third-order valence-corrected chi connectivity index (χ3v) is 4.28. The number of ether oxygens (including phenoxy) is 2. The van der Waals surface area contributed by atoms with E-state index in [1.54, 1.807) is 57.2 Å². The number of amides is 1. The van der Waals surface area contributed by atoms with Crippen LogP contribution in [0.1, 0.15) is 41.5 Å². The Morgan fingerprint density at radius 1 is 1.07 bits per heavy atom. The first-order valence-corrected chi connectivity index (χ1v) is 8.74. The molecular weight excluding hydrogens is 346 g/mol. The van der Waals surface area contributed by atoms with Gasteiger partial charge >= 0.3 is 5.97 Å². The Bertz CT molecular complexity index is 889. The van der Waals surface area contributed by atoms with Gasteiger partial charge in [0.1, 0.15) is 5.75 Å². The van der Waals surface area contributed by atoms with E-state index in [0.717, 1.165) is 0 Å². The summed E-state index contributed by atoms with van der Waals surface area (Å²) >= 11 is 0. The highest BCUT2D eigenvalue weighted by Crippen LogP contribution is 2.38. The molecule has 0 saturated carbocycles. The smallest absolute Gasteiger partial charge is 0.338 e. The van der Waals surface area contributed by atoms with Crippen LogP contribution in [0.25, 0.3) is 0 Å². The Kier molecular flexibility index (Phi) is 4.99. The van der Waals surface area contributed by atoms with Crippen LogP contribution in [0, 0.1) is 0 Å². The van der Waals surface area contributed by atoms with Crippen LogP contribution in [0.2, 0.25) is 0 Å². The van der Waals surface area contributed by atoms with E-state index in [1.807, 2.05) is 6.07 Å². The lowest BCUT2D eigenvalue weighted by molar-refractivity contribution is -0.132. The molecule has 1 amide bonds. The van der Waals surface area contributed by atoms with E-state index in [9.17, 15) is 14.4 Å². The standard InChI is InChI=1S/C21H21NO5/c1-4-26-19(24)15-10-11-18-16(12-15)22(20(25)21(2,3)27-18)13-17(23)14-8-6-5-7-9-14/h5-12H,4,13H2,1-3H3. The Labute approximate surface area is 157 Å². The van der Waals surface area contributed by atoms with Crippen LogP contribution in [0.3, 0.4) is 0 Å². The minimum atomic E-state index is -1.12. The number of anilines is 1. The summed E-state index contributed by atoms with van der Waals surface area (Å²) in [4.78, 5) is 39.0. The Morgan fingerprint density at radius 2 is 1.78 bits per heavy atom. The summed E-state index contributed by atoms with van der Waals surface area (Å²) in [6.45, 7) is 5.12. The third-order valence-electron chi connectivity index (χ3n) is 4.28. The number of hydrogen-bond acceptors (Lipinski definition) is 5. The van der Waals surface area contributed by atoms with Crippen molar-refractivity contribution in [2.45, 2.75) is 26.4 Å². The predicted molar refractivity (Wildman–Crippen MR) is 100 cm³/mol. The molecule has 2 aromatic rings. The van der Waals surface area contributed by atoms with Crippen molar-refractivity contribution >= 4 is 23.3 Å². The number of carbonyl (C=O) groups is 3. The number of benzene rings is 2. The number of fused-ring (bicyclic) bond motifs is 1. The van der Waals surface area contributed by atoms with Gasteiger partial charge in [-0.25, -0.2) is 4.79 Å². The van der Waals surface area contributed by atoms with Crippen molar-refractivity contribution in [3.63, 3.8) is 0 Å². The molecule has 1 aliphatic heterocycles. The SMILES string of the molecule is CCOC(=O)c1ccc2c(c1)N(CC(=O)c1ccccc1)C(=O)C(C)(C)O2. The van der Waals surface area contributed by atoms with E-state index in [0.29, 0.717) is 22.6 Å². The zero-order chi connectivity index (χ0) is 19.6. The number of ketones is 1. The van der Waals surface area contributed by atoms with Crippen LogP contribution in [0.15, 0.2) is 48.5 Å². The minimum absolute atomic E-state index is 0.144. The molecule has 1 aliphatic rings. The maximum absolute atomic E-state index is 12.9. The molecule has 6 nitrogen and oxygen atoms in total. The van der Waals surface area contributed by atoms with Gasteiger partial charge in [-0.15, -0.1) is 0 Å². The number of hydrogen-bond donors (Lipinski definition) is 0. The van der Waals surface area contributed by atoms with Crippen LogP contribution in [0.4, 0.5) is 5.69 Å². The second-order valence-electron chi connectivity index (χ2n) is 6.70. The van der Waals surface area contributed by atoms with E-state index in [-0.39, 0.29) is 24.8 Å². The van der Waals surface area contributed by atoms with Gasteiger partial charge in [-0.1, -0.05) is 30.3 Å². The second kappa shape index (κ2) is 7.23. The van der Waals surface area contributed by atoms with Gasteiger partial charge in [0, 0.05) is 5.56 Å². The summed E-state index contributed by atoms with van der Waals surface area (Å²) in [6, 6.07) is 13.5. The van der Waals surface area contributed by atoms with E-state index >= 15 is 0 Å². The first kappa shape index (κ1) is 18.6. The minimum Gasteiger partial charge on any atom is -0.476 e. The first-order chi connectivity index (χ1) is 12.8. The van der Waals surface area contributed by atoms with Crippen LogP contribution in [-0.2, 0) is 9.53 Å². The Balaban J connectivity index is 1.99. The monoisotopic (exact) mass is 367 g/mol. The maximum atomic E-state index is 12.9. The molecule has 0 unspecified atom stereocenters. The molecule has 2 aromatic carbocycles. The largest absolute Gasteiger partial charge is 0.476 e. The summed E-state index contributed by atoms with van der Waals surface area (Å²) in [6.07, 6.45) is 0. The van der Waals surface area contributed by atoms with Gasteiger partial charge in [0.15, 0.2) is 11.4 Å². The number of nitrogens with zero attached hydrogens (tertiary/aromatic N) is 1. The van der Waals surface area contributed by atoms with E-state index in [1.165, 1.54) is 11.0 Å². The highest BCUT2D eigenvalue weighted by atomic mass is 16.5. The van der Waals surface area contributed by atoms with Crippen LogP contribution < -0.4 is 9.64 Å². The second-order valence-corrected chi connectivity index (χ2v) is 6.70. The number of esters is 1. The fourth-order valence-electron chi connectivity index (χ4n) is 2.92. The quantitative estimate of drug-likeness (QED) is 0.599. The molecule has 0 radical (unpaired) electrons. The molecule has 0 N–H and O–H groups in total. The van der Waals surface area contributed by atoms with Crippen LogP contribution >= 0.6 is 0 Å². The van der Waals surface area contributed by atoms with E-state index < -0.39 is 11.6 Å². The summed E-state index contributed by atoms with van der Waals surface area (Å²) in [5.41, 5.74) is 0.0748. The molecule has 0 aromatic heterocycles. The molecule has 3 rings (SSSR count). The molecule has 0 atom stereocenters. The Morgan fingerprint density at radius 3 is 2.44 bits per heavy atom. The topological polar surface area (TPSA) is 72.9 Å². The van der Waals surface area contributed by atoms with Gasteiger partial charge in [-0.05, 0) is 39.0 Å². The third kappa shape index (κ3) is 3.69. The van der Waals surface area contributed by atoms with Crippen molar-refractivity contribution in [3.05, 3.63) is 59.7 Å². The van der Waals surface area contributed by atoms with Crippen LogP contribution in [-0.4, -0.2) is 36.4 Å². The average molecular weight is 367 g/mol. The fraction of sp³-hybridized carbons (Fsp3) is 0.286. The molecule has 1 heterocycles. The van der Waals surface area contributed by atoms with Crippen molar-refractivity contribution < 1.29 is 23.9 Å². The molecule has 0 spiro atoms. The maximum Gasteiger partial charge on any atom is 0.338 e. The number of rotatable bonds is 5. The zero-order valence-corrected chi connectivity index (χ0v) is 15.5.